The van der Waals surface area contributed by atoms with Crippen molar-refractivity contribution in [3.63, 3.8) is 0 Å². The number of rotatable bonds is 41. The smallest absolute Gasteiger partial charge is 0.387 e. The van der Waals surface area contributed by atoms with Crippen LogP contribution in [0.1, 0.15) is 206 Å². The zero-order valence-electron chi connectivity index (χ0n) is 36.2. The third kappa shape index (κ3) is 39.2. The molecule has 0 aliphatic rings. The largest absolute Gasteiger partial charge is 0.472 e. The summed E-state index contributed by atoms with van der Waals surface area (Å²) in [6.07, 6.45) is 43.9. The van der Waals surface area contributed by atoms with E-state index in [0.717, 1.165) is 38.5 Å². The van der Waals surface area contributed by atoms with E-state index in [1.165, 1.54) is 148 Å². The van der Waals surface area contributed by atoms with E-state index in [1.54, 1.807) is 6.08 Å². The van der Waals surface area contributed by atoms with Crippen molar-refractivity contribution in [2.24, 2.45) is 0 Å². The first-order valence-corrected chi connectivity index (χ1v) is 24.2. The van der Waals surface area contributed by atoms with Gasteiger partial charge in [0.2, 0.25) is 5.91 Å². The van der Waals surface area contributed by atoms with Crippen LogP contribution < -0.4 is 5.32 Å². The predicted molar refractivity (Wildman–Crippen MR) is 231 cm³/mol. The second-order valence-electron chi connectivity index (χ2n) is 16.8. The van der Waals surface area contributed by atoms with Crippen LogP contribution in [0.4, 0.5) is 0 Å². The molecular weight excluding hydrogens is 695 g/mol. The summed E-state index contributed by atoms with van der Waals surface area (Å²) in [6, 6.07) is -0.857. The molecule has 0 spiro atoms. The number of nitrogens with zero attached hydrogens (tertiary/aromatic N) is 1. The molecule has 0 saturated heterocycles. The van der Waals surface area contributed by atoms with Crippen molar-refractivity contribution in [1.29, 1.82) is 0 Å². The molecule has 0 aliphatic heterocycles. The summed E-state index contributed by atoms with van der Waals surface area (Å²) in [6.45, 7) is 4.80. The summed E-state index contributed by atoms with van der Waals surface area (Å²) >= 11 is 0. The van der Waals surface area contributed by atoms with Gasteiger partial charge >= 0.3 is 7.82 Å². The van der Waals surface area contributed by atoms with Gasteiger partial charge in [-0.25, -0.2) is 4.57 Å². The maximum absolute atomic E-state index is 12.8. The summed E-state index contributed by atoms with van der Waals surface area (Å²) in [4.78, 5) is 23.1. The number of aliphatic hydroxyl groups excluding tert-OH is 1. The zero-order valence-corrected chi connectivity index (χ0v) is 37.1. The lowest BCUT2D eigenvalue weighted by Crippen LogP contribution is -2.45. The van der Waals surface area contributed by atoms with Crippen LogP contribution in [-0.4, -0.2) is 73.4 Å². The van der Waals surface area contributed by atoms with Gasteiger partial charge in [0.05, 0.1) is 39.9 Å². The van der Waals surface area contributed by atoms with Gasteiger partial charge in [-0.2, -0.15) is 0 Å². The van der Waals surface area contributed by atoms with E-state index in [1.807, 2.05) is 27.2 Å². The number of amides is 1. The third-order valence-corrected chi connectivity index (χ3v) is 11.2. The lowest BCUT2D eigenvalue weighted by atomic mass is 10.0. The number of likely N-dealkylation sites (N-methyl/N-ethyl adjacent to an activating group) is 1. The Balaban J connectivity index is 4.45. The van der Waals surface area contributed by atoms with Gasteiger partial charge in [-0.1, -0.05) is 192 Å². The number of carbonyl (C=O) groups is 1. The Morgan fingerprint density at radius 1 is 0.611 bits per heavy atom. The van der Waals surface area contributed by atoms with Gasteiger partial charge in [-0.05, 0) is 32.1 Å². The maximum atomic E-state index is 12.8. The average Bonchev–Trinajstić information content (AvgIpc) is 3.12. The number of hydrogen-bond donors (Lipinski definition) is 3. The predicted octanol–water partition coefficient (Wildman–Crippen LogP) is 12.5. The van der Waals surface area contributed by atoms with E-state index in [0.29, 0.717) is 17.4 Å². The van der Waals surface area contributed by atoms with Gasteiger partial charge in [-0.15, -0.1) is 0 Å². The fourth-order valence-corrected chi connectivity index (χ4v) is 7.26. The Labute approximate surface area is 334 Å². The highest BCUT2D eigenvalue weighted by molar-refractivity contribution is 7.47. The van der Waals surface area contributed by atoms with E-state index in [4.69, 9.17) is 9.05 Å². The van der Waals surface area contributed by atoms with Crippen molar-refractivity contribution < 1.29 is 32.9 Å². The van der Waals surface area contributed by atoms with Crippen LogP contribution >= 0.6 is 7.82 Å². The Morgan fingerprint density at radius 2 is 1.02 bits per heavy atom. The van der Waals surface area contributed by atoms with E-state index >= 15 is 0 Å². The fourth-order valence-electron chi connectivity index (χ4n) is 6.53. The highest BCUT2D eigenvalue weighted by atomic mass is 31.2. The Morgan fingerprint density at radius 3 is 1.48 bits per heavy atom. The molecule has 0 fully saturated rings. The van der Waals surface area contributed by atoms with E-state index in [-0.39, 0.29) is 19.1 Å². The van der Waals surface area contributed by atoms with Crippen LogP contribution in [0.5, 0.6) is 0 Å². The Bertz CT molecular complexity index is 938. The first kappa shape index (κ1) is 53.0. The van der Waals surface area contributed by atoms with Gasteiger partial charge < -0.3 is 19.8 Å². The molecule has 0 bridgehead atoms. The minimum atomic E-state index is -4.34. The summed E-state index contributed by atoms with van der Waals surface area (Å²) in [7, 11) is 1.56. The summed E-state index contributed by atoms with van der Waals surface area (Å²) < 4.78 is 23.5. The van der Waals surface area contributed by atoms with Crippen LogP contribution in [0.25, 0.3) is 0 Å². The van der Waals surface area contributed by atoms with Gasteiger partial charge in [-0.3, -0.25) is 13.8 Å². The number of hydrogen-bond acceptors (Lipinski definition) is 5. The minimum Gasteiger partial charge on any atom is -0.387 e. The molecule has 3 atom stereocenters. The molecule has 0 aromatic rings. The standard InChI is InChI=1S/C45H89N2O6P/c1-6-8-10-12-14-16-18-20-22-23-24-25-26-28-30-32-34-36-38-44(48)43(42-53-54(50,51)52-41-40-47(3,4)5)46-45(49)39-37-35-33-31-29-27-21-19-17-15-13-11-9-7-2/h28,30,36,38,43-44,48H,6-27,29,31-35,37,39-42H2,1-5H3,(H-,46,49,50,51)/p+1/b30-28+,38-36+. The van der Waals surface area contributed by atoms with Crippen molar-refractivity contribution in [3.8, 4) is 0 Å². The average molecular weight is 786 g/mol. The third-order valence-electron chi connectivity index (χ3n) is 10.2. The van der Waals surface area contributed by atoms with Gasteiger partial charge in [0.15, 0.2) is 0 Å². The first-order chi connectivity index (χ1) is 26.0. The summed E-state index contributed by atoms with van der Waals surface area (Å²) in [5.41, 5.74) is 0. The number of nitrogens with one attached hydrogen (secondary N) is 1. The van der Waals surface area contributed by atoms with Gasteiger partial charge in [0, 0.05) is 6.42 Å². The van der Waals surface area contributed by atoms with Gasteiger partial charge in [0.25, 0.3) is 0 Å². The van der Waals surface area contributed by atoms with Crippen LogP contribution in [0.2, 0.25) is 0 Å². The van der Waals surface area contributed by atoms with Crippen LogP contribution in [-0.2, 0) is 18.4 Å². The van der Waals surface area contributed by atoms with Crippen LogP contribution in [0.3, 0.4) is 0 Å². The normalized spacial score (nSPS) is 14.6. The molecule has 3 N–H and O–H groups in total. The molecule has 0 rings (SSSR count). The lowest BCUT2D eigenvalue weighted by Gasteiger charge is -2.25. The Kier molecular flexibility index (Phi) is 36.8. The van der Waals surface area contributed by atoms with Crippen LogP contribution in [0, 0.1) is 0 Å². The van der Waals surface area contributed by atoms with E-state index < -0.39 is 20.0 Å². The molecule has 9 heteroatoms. The Hall–Kier alpha value is -1.02. The van der Waals surface area contributed by atoms with Crippen molar-refractivity contribution in [2.75, 3.05) is 40.9 Å². The molecule has 0 radical (unpaired) electrons. The number of unbranched alkanes of at least 4 members (excludes halogenated alkanes) is 26. The van der Waals surface area contributed by atoms with Crippen LogP contribution in [0.15, 0.2) is 24.3 Å². The van der Waals surface area contributed by atoms with E-state index in [9.17, 15) is 19.4 Å². The first-order valence-electron chi connectivity index (χ1n) is 22.7. The molecule has 8 nitrogen and oxygen atoms in total. The van der Waals surface area contributed by atoms with Crippen molar-refractivity contribution in [3.05, 3.63) is 24.3 Å². The topological polar surface area (TPSA) is 105 Å². The molecule has 0 saturated carbocycles. The summed E-state index contributed by atoms with van der Waals surface area (Å²) in [5, 5.41) is 13.8. The molecule has 0 aliphatic carbocycles. The second-order valence-corrected chi connectivity index (χ2v) is 18.2. The number of phosphoric acid groups is 1. The molecule has 0 aromatic heterocycles. The SMILES string of the molecule is CCCCCCCCCCCCCC/C=C/CC/C=C/C(O)C(COP(=O)(O)OCC[N+](C)(C)C)NC(=O)CCCCCCCCCCCCCCCC. The molecule has 3 unspecified atom stereocenters. The highest BCUT2D eigenvalue weighted by Crippen LogP contribution is 2.43. The van der Waals surface area contributed by atoms with Crippen molar-refractivity contribution in [2.45, 2.75) is 219 Å². The number of quaternary nitrogens is 1. The molecule has 0 aromatic carbocycles. The molecule has 1 amide bonds. The number of aliphatic hydroxyl groups is 1. The molecule has 54 heavy (non-hydrogen) atoms. The molecule has 0 heterocycles. The van der Waals surface area contributed by atoms with Crippen molar-refractivity contribution >= 4 is 13.7 Å². The second kappa shape index (κ2) is 37.6. The monoisotopic (exact) mass is 786 g/mol. The maximum Gasteiger partial charge on any atom is 0.472 e. The van der Waals surface area contributed by atoms with Crippen molar-refractivity contribution in [1.82, 2.24) is 5.32 Å². The quantitative estimate of drug-likeness (QED) is 0.0247. The molecule has 320 valence electrons. The number of carbonyl (C=O) groups excluding carboxylic acids is 1. The fraction of sp³-hybridized carbons (Fsp3) is 0.889. The minimum absolute atomic E-state index is 0.0582. The number of phosphoric ester groups is 1. The zero-order chi connectivity index (χ0) is 40.0. The van der Waals surface area contributed by atoms with E-state index in [2.05, 4.69) is 31.3 Å². The highest BCUT2D eigenvalue weighted by Gasteiger charge is 2.27. The van der Waals surface area contributed by atoms with Gasteiger partial charge in [0.1, 0.15) is 13.2 Å². The lowest BCUT2D eigenvalue weighted by molar-refractivity contribution is -0.870. The summed E-state index contributed by atoms with van der Waals surface area (Å²) in [5.74, 6) is -0.186. The molecular formula is C45H90N2O6P+. The number of allylic oxidation sites excluding steroid dienone is 3.